The number of ether oxygens (including phenoxy) is 1. The van der Waals surface area contributed by atoms with Gasteiger partial charge in [0.15, 0.2) is 6.61 Å². The predicted octanol–water partition coefficient (Wildman–Crippen LogP) is 5.01. The second-order valence-corrected chi connectivity index (χ2v) is 8.59. The molecule has 0 bridgehead atoms. The summed E-state index contributed by atoms with van der Waals surface area (Å²) in [6, 6.07) is 19.6. The van der Waals surface area contributed by atoms with Crippen LogP contribution in [0, 0.1) is 5.82 Å². The maximum Gasteiger partial charge on any atom is 0.261 e. The smallest absolute Gasteiger partial charge is 0.261 e. The van der Waals surface area contributed by atoms with E-state index >= 15 is 0 Å². The molecule has 8 heteroatoms. The monoisotopic (exact) mass is 532 g/mol. The summed E-state index contributed by atoms with van der Waals surface area (Å²) in [5.74, 6) is -0.828. The van der Waals surface area contributed by atoms with Gasteiger partial charge in [0.25, 0.3) is 5.91 Å². The number of amides is 2. The zero-order chi connectivity index (χ0) is 23.8. The summed E-state index contributed by atoms with van der Waals surface area (Å²) in [6.45, 7) is -0.418. The van der Waals surface area contributed by atoms with Gasteiger partial charge in [-0.05, 0) is 45.8 Å². The first-order chi connectivity index (χ1) is 15.9. The van der Waals surface area contributed by atoms with E-state index in [9.17, 15) is 14.0 Å². The van der Waals surface area contributed by atoms with Crippen LogP contribution in [0.15, 0.2) is 77.3 Å². The van der Waals surface area contributed by atoms with Crippen LogP contribution in [-0.4, -0.2) is 36.4 Å². The number of hydrogen-bond acceptors (Lipinski definition) is 3. The Labute approximate surface area is 205 Å². The Morgan fingerprint density at radius 2 is 1.79 bits per heavy atom. The van der Waals surface area contributed by atoms with Crippen molar-refractivity contribution in [2.75, 3.05) is 13.7 Å². The van der Waals surface area contributed by atoms with Gasteiger partial charge in [0, 0.05) is 30.6 Å². The Bertz CT molecular complexity index is 1110. The molecule has 3 aromatic rings. The molecule has 3 aromatic carbocycles. The van der Waals surface area contributed by atoms with Crippen molar-refractivity contribution < 1.29 is 18.7 Å². The van der Waals surface area contributed by atoms with Crippen molar-refractivity contribution in [3.63, 3.8) is 0 Å². The lowest BCUT2D eigenvalue weighted by Crippen LogP contribution is -2.51. The van der Waals surface area contributed by atoms with Crippen LogP contribution in [-0.2, 0) is 22.6 Å². The first-order valence-electron chi connectivity index (χ1n) is 10.2. The van der Waals surface area contributed by atoms with Crippen molar-refractivity contribution >= 4 is 39.3 Å². The maximum absolute atomic E-state index is 14.4. The van der Waals surface area contributed by atoms with Crippen LogP contribution in [0.3, 0.4) is 0 Å². The van der Waals surface area contributed by atoms with E-state index in [0.717, 1.165) is 5.56 Å². The zero-order valence-electron chi connectivity index (χ0n) is 17.9. The Balaban J connectivity index is 1.89. The van der Waals surface area contributed by atoms with Crippen molar-refractivity contribution in [3.05, 3.63) is 99.2 Å². The summed E-state index contributed by atoms with van der Waals surface area (Å²) in [7, 11) is 1.51. The lowest BCUT2D eigenvalue weighted by atomic mass is 10.0. The van der Waals surface area contributed by atoms with Crippen molar-refractivity contribution in [2.24, 2.45) is 0 Å². The minimum absolute atomic E-state index is 0.0818. The van der Waals surface area contributed by atoms with Gasteiger partial charge in [-0.2, -0.15) is 0 Å². The van der Waals surface area contributed by atoms with Gasteiger partial charge in [0.05, 0.1) is 4.47 Å². The molecule has 0 spiro atoms. The summed E-state index contributed by atoms with van der Waals surface area (Å²) in [5, 5.41) is 3.14. The van der Waals surface area contributed by atoms with E-state index in [1.807, 2.05) is 30.3 Å². The van der Waals surface area contributed by atoms with Gasteiger partial charge in [-0.15, -0.1) is 0 Å². The molecule has 0 fully saturated rings. The van der Waals surface area contributed by atoms with Gasteiger partial charge in [0.2, 0.25) is 5.91 Å². The Morgan fingerprint density at radius 1 is 1.09 bits per heavy atom. The third kappa shape index (κ3) is 6.79. The van der Waals surface area contributed by atoms with Crippen LogP contribution in [0.4, 0.5) is 4.39 Å². The van der Waals surface area contributed by atoms with Crippen LogP contribution < -0.4 is 10.1 Å². The normalized spacial score (nSPS) is 11.5. The number of carbonyl (C=O) groups is 2. The highest BCUT2D eigenvalue weighted by atomic mass is 79.9. The number of hydrogen-bond donors (Lipinski definition) is 1. The summed E-state index contributed by atoms with van der Waals surface area (Å²) in [5.41, 5.74) is 1.18. The average Bonchev–Trinajstić information content (AvgIpc) is 2.82. The van der Waals surface area contributed by atoms with E-state index in [0.29, 0.717) is 20.8 Å². The second-order valence-electron chi connectivity index (χ2n) is 7.30. The van der Waals surface area contributed by atoms with Gasteiger partial charge < -0.3 is 15.0 Å². The zero-order valence-corrected chi connectivity index (χ0v) is 20.3. The SMILES string of the molecule is CNC(=O)C(Cc1ccccc1)N(Cc1ccccc1F)C(=O)COc1ccc(Cl)cc1Br. The molecule has 0 aromatic heterocycles. The minimum atomic E-state index is -0.859. The largest absolute Gasteiger partial charge is 0.483 e. The van der Waals surface area contributed by atoms with E-state index in [1.54, 1.807) is 36.4 Å². The van der Waals surface area contributed by atoms with Gasteiger partial charge in [-0.1, -0.05) is 60.1 Å². The molecule has 0 saturated heterocycles. The van der Waals surface area contributed by atoms with Gasteiger partial charge in [-0.3, -0.25) is 9.59 Å². The Morgan fingerprint density at radius 3 is 2.45 bits per heavy atom. The summed E-state index contributed by atoms with van der Waals surface area (Å²) >= 11 is 9.32. The number of rotatable bonds is 9. The summed E-state index contributed by atoms with van der Waals surface area (Å²) < 4.78 is 20.7. The number of halogens is 3. The van der Waals surface area contributed by atoms with E-state index in [1.165, 1.54) is 18.0 Å². The fourth-order valence-electron chi connectivity index (χ4n) is 3.35. The molecule has 1 unspecified atom stereocenters. The van der Waals surface area contributed by atoms with E-state index in [-0.39, 0.29) is 25.5 Å². The van der Waals surface area contributed by atoms with Crippen LogP contribution in [0.1, 0.15) is 11.1 Å². The standard InChI is InChI=1S/C25H23BrClFN2O3/c1-29-25(32)22(13-17-7-3-2-4-8-17)30(15-18-9-5-6-10-21(18)28)24(31)16-33-23-12-11-19(27)14-20(23)26/h2-12,14,22H,13,15-16H2,1H3,(H,29,32). The first-order valence-corrected chi connectivity index (χ1v) is 11.4. The maximum atomic E-state index is 14.4. The highest BCUT2D eigenvalue weighted by Crippen LogP contribution is 2.28. The molecule has 1 atom stereocenters. The molecular formula is C25H23BrClFN2O3. The van der Waals surface area contributed by atoms with Crippen molar-refractivity contribution in [1.29, 1.82) is 0 Å². The summed E-state index contributed by atoms with van der Waals surface area (Å²) in [6.07, 6.45) is 0.269. The van der Waals surface area contributed by atoms with Crippen LogP contribution in [0.2, 0.25) is 5.02 Å². The van der Waals surface area contributed by atoms with Gasteiger partial charge >= 0.3 is 0 Å². The Kier molecular flexibility index (Phi) is 8.86. The van der Waals surface area contributed by atoms with Crippen LogP contribution in [0.5, 0.6) is 5.75 Å². The quantitative estimate of drug-likeness (QED) is 0.421. The van der Waals surface area contributed by atoms with Crippen molar-refractivity contribution in [1.82, 2.24) is 10.2 Å². The third-order valence-corrected chi connectivity index (χ3v) is 5.92. The van der Waals surface area contributed by atoms with E-state index < -0.39 is 17.8 Å². The minimum Gasteiger partial charge on any atom is -0.483 e. The number of likely N-dealkylation sites (N-methyl/N-ethyl adjacent to an activating group) is 1. The number of benzene rings is 3. The molecule has 0 aliphatic rings. The highest BCUT2D eigenvalue weighted by molar-refractivity contribution is 9.10. The lowest BCUT2D eigenvalue weighted by Gasteiger charge is -2.31. The molecular weight excluding hydrogens is 511 g/mol. The second kappa shape index (κ2) is 11.8. The molecule has 0 aliphatic carbocycles. The molecule has 0 saturated carbocycles. The molecule has 172 valence electrons. The van der Waals surface area contributed by atoms with Gasteiger partial charge in [0.1, 0.15) is 17.6 Å². The van der Waals surface area contributed by atoms with Crippen molar-refractivity contribution in [2.45, 2.75) is 19.0 Å². The number of nitrogens with zero attached hydrogens (tertiary/aromatic N) is 1. The van der Waals surface area contributed by atoms with Gasteiger partial charge in [-0.25, -0.2) is 4.39 Å². The molecule has 2 amide bonds. The first kappa shape index (κ1) is 24.7. The number of nitrogens with one attached hydrogen (secondary N) is 1. The molecule has 33 heavy (non-hydrogen) atoms. The van der Waals surface area contributed by atoms with Crippen molar-refractivity contribution in [3.8, 4) is 5.75 Å². The molecule has 5 nitrogen and oxygen atoms in total. The molecule has 0 aliphatic heterocycles. The topological polar surface area (TPSA) is 58.6 Å². The summed E-state index contributed by atoms with van der Waals surface area (Å²) in [4.78, 5) is 27.5. The molecule has 0 heterocycles. The van der Waals surface area contributed by atoms with E-state index in [4.69, 9.17) is 16.3 Å². The lowest BCUT2D eigenvalue weighted by molar-refractivity contribution is -0.142. The average molecular weight is 534 g/mol. The third-order valence-electron chi connectivity index (χ3n) is 5.06. The Hall–Kier alpha value is -2.90. The molecule has 0 radical (unpaired) electrons. The molecule has 3 rings (SSSR count). The molecule has 1 N–H and O–H groups in total. The van der Waals surface area contributed by atoms with Crippen LogP contribution in [0.25, 0.3) is 0 Å². The van der Waals surface area contributed by atoms with Crippen LogP contribution >= 0.6 is 27.5 Å². The predicted molar refractivity (Wildman–Crippen MR) is 130 cm³/mol. The van der Waals surface area contributed by atoms with E-state index in [2.05, 4.69) is 21.2 Å². The fraction of sp³-hybridized carbons (Fsp3) is 0.200. The fourth-order valence-corrected chi connectivity index (χ4v) is 4.14. The highest BCUT2D eigenvalue weighted by Gasteiger charge is 2.30. The number of carbonyl (C=O) groups excluding carboxylic acids is 2.